The van der Waals surface area contributed by atoms with E-state index in [9.17, 15) is 8.42 Å². The second kappa shape index (κ2) is 6.53. The predicted octanol–water partition coefficient (Wildman–Crippen LogP) is -0.00670. The largest absolute Gasteiger partial charge is 0.383 e. The highest BCUT2D eigenvalue weighted by molar-refractivity contribution is 7.89. The fraction of sp³-hybridized carbons (Fsp3) is 0.538. The third-order valence-electron chi connectivity index (χ3n) is 3.53. The van der Waals surface area contributed by atoms with Crippen LogP contribution in [0.5, 0.6) is 0 Å². The summed E-state index contributed by atoms with van der Waals surface area (Å²) in [6, 6.07) is 6.73. The van der Waals surface area contributed by atoms with Crippen LogP contribution in [0.15, 0.2) is 29.2 Å². The molecule has 112 valence electrons. The Labute approximate surface area is 120 Å². The lowest BCUT2D eigenvalue weighted by molar-refractivity contribution is 0.158. The molecule has 1 aromatic carbocycles. The third-order valence-corrected chi connectivity index (χ3v) is 4.50. The Morgan fingerprint density at radius 3 is 2.50 bits per heavy atom. The first-order valence-corrected chi connectivity index (χ1v) is 8.28. The highest BCUT2D eigenvalue weighted by Crippen LogP contribution is 2.18. The molecule has 1 fully saturated rings. The molecule has 0 aromatic heterocycles. The van der Waals surface area contributed by atoms with E-state index in [-0.39, 0.29) is 4.90 Å². The Bertz CT molecular complexity index is 539. The normalized spacial score (nSPS) is 18.1. The second-order valence-corrected chi connectivity index (χ2v) is 6.64. The Balaban J connectivity index is 1.89. The van der Waals surface area contributed by atoms with Crippen molar-refractivity contribution in [3.63, 3.8) is 0 Å². The van der Waals surface area contributed by atoms with Crippen LogP contribution in [0.1, 0.15) is 0 Å². The topological polar surface area (TPSA) is 78.7 Å². The standard InChI is InChI=1S/C13H22N4O2S/c1-16-8-10-17(11-9-16)7-6-15-12-4-2-3-5-13(12)20(14,18)19/h2-5,15H,6-11H2,1H3,(H2,14,18,19). The molecule has 0 saturated carbocycles. The Kier molecular flexibility index (Phi) is 4.98. The number of anilines is 1. The molecule has 1 saturated heterocycles. The van der Waals surface area contributed by atoms with Crippen molar-refractivity contribution in [2.24, 2.45) is 5.14 Å². The molecule has 0 spiro atoms. The van der Waals surface area contributed by atoms with Gasteiger partial charge in [-0.25, -0.2) is 13.6 Å². The number of para-hydroxylation sites is 1. The number of primary sulfonamides is 1. The summed E-state index contributed by atoms with van der Waals surface area (Å²) in [6.45, 7) is 5.86. The smallest absolute Gasteiger partial charge is 0.240 e. The zero-order valence-corrected chi connectivity index (χ0v) is 12.6. The Hall–Kier alpha value is -1.15. The van der Waals surface area contributed by atoms with Gasteiger partial charge in [0, 0.05) is 39.3 Å². The second-order valence-electron chi connectivity index (χ2n) is 5.11. The summed E-state index contributed by atoms with van der Waals surface area (Å²) >= 11 is 0. The first-order chi connectivity index (χ1) is 9.47. The summed E-state index contributed by atoms with van der Waals surface area (Å²) in [5.74, 6) is 0. The maximum absolute atomic E-state index is 11.5. The van der Waals surface area contributed by atoms with E-state index in [0.717, 1.165) is 32.7 Å². The number of likely N-dealkylation sites (N-methyl/N-ethyl adjacent to an activating group) is 1. The maximum atomic E-state index is 11.5. The molecule has 0 bridgehead atoms. The first-order valence-electron chi connectivity index (χ1n) is 6.73. The molecular formula is C13H22N4O2S. The van der Waals surface area contributed by atoms with Gasteiger partial charge in [-0.3, -0.25) is 4.90 Å². The van der Waals surface area contributed by atoms with Gasteiger partial charge in [-0.1, -0.05) is 12.1 Å². The fourth-order valence-corrected chi connectivity index (χ4v) is 3.00. The average molecular weight is 298 g/mol. The lowest BCUT2D eigenvalue weighted by Crippen LogP contribution is -2.45. The summed E-state index contributed by atoms with van der Waals surface area (Å²) in [5, 5.41) is 8.37. The Morgan fingerprint density at radius 2 is 1.85 bits per heavy atom. The van der Waals surface area contributed by atoms with Gasteiger partial charge in [0.15, 0.2) is 0 Å². The van der Waals surface area contributed by atoms with Crippen molar-refractivity contribution < 1.29 is 8.42 Å². The number of hydrogen-bond donors (Lipinski definition) is 2. The van der Waals surface area contributed by atoms with E-state index < -0.39 is 10.0 Å². The van der Waals surface area contributed by atoms with Gasteiger partial charge >= 0.3 is 0 Å². The molecule has 0 atom stereocenters. The maximum Gasteiger partial charge on any atom is 0.240 e. The van der Waals surface area contributed by atoms with Crippen LogP contribution in [0.2, 0.25) is 0 Å². The summed E-state index contributed by atoms with van der Waals surface area (Å²) in [7, 11) is -1.56. The van der Waals surface area contributed by atoms with Gasteiger partial charge in [0.05, 0.1) is 5.69 Å². The summed E-state index contributed by atoms with van der Waals surface area (Å²) in [5.41, 5.74) is 0.573. The lowest BCUT2D eigenvalue weighted by atomic mass is 10.3. The predicted molar refractivity (Wildman–Crippen MR) is 80.2 cm³/mol. The number of piperazine rings is 1. The number of benzene rings is 1. The molecular weight excluding hydrogens is 276 g/mol. The minimum absolute atomic E-state index is 0.151. The zero-order chi connectivity index (χ0) is 14.6. The molecule has 1 aliphatic heterocycles. The van der Waals surface area contributed by atoms with Crippen LogP contribution in [-0.2, 0) is 10.0 Å². The van der Waals surface area contributed by atoms with Crippen LogP contribution in [0.3, 0.4) is 0 Å². The first kappa shape index (κ1) is 15.2. The lowest BCUT2D eigenvalue weighted by Gasteiger charge is -2.32. The molecule has 1 aromatic rings. The van der Waals surface area contributed by atoms with Crippen molar-refractivity contribution in [3.05, 3.63) is 24.3 Å². The van der Waals surface area contributed by atoms with Crippen LogP contribution in [0.4, 0.5) is 5.69 Å². The number of hydrogen-bond acceptors (Lipinski definition) is 5. The van der Waals surface area contributed by atoms with Crippen LogP contribution in [-0.4, -0.2) is 64.5 Å². The number of rotatable bonds is 5. The van der Waals surface area contributed by atoms with Crippen molar-refractivity contribution in [1.82, 2.24) is 9.80 Å². The van der Waals surface area contributed by atoms with Crippen molar-refractivity contribution >= 4 is 15.7 Å². The van der Waals surface area contributed by atoms with Gasteiger partial charge in [0.1, 0.15) is 4.90 Å². The summed E-state index contributed by atoms with van der Waals surface area (Å²) < 4.78 is 23.0. The van der Waals surface area contributed by atoms with Crippen molar-refractivity contribution in [3.8, 4) is 0 Å². The highest BCUT2D eigenvalue weighted by atomic mass is 32.2. The van der Waals surface area contributed by atoms with Gasteiger partial charge in [0.2, 0.25) is 10.0 Å². The number of nitrogens with zero attached hydrogens (tertiary/aromatic N) is 2. The Morgan fingerprint density at radius 1 is 1.20 bits per heavy atom. The van der Waals surface area contributed by atoms with Crippen LogP contribution in [0.25, 0.3) is 0 Å². The molecule has 7 heteroatoms. The van der Waals surface area contributed by atoms with E-state index in [1.54, 1.807) is 18.2 Å². The van der Waals surface area contributed by atoms with Crippen LogP contribution < -0.4 is 10.5 Å². The van der Waals surface area contributed by atoms with E-state index in [0.29, 0.717) is 12.2 Å². The van der Waals surface area contributed by atoms with E-state index in [4.69, 9.17) is 5.14 Å². The third kappa shape index (κ3) is 4.17. The molecule has 6 nitrogen and oxygen atoms in total. The van der Waals surface area contributed by atoms with Gasteiger partial charge < -0.3 is 10.2 Å². The minimum atomic E-state index is -3.68. The molecule has 0 aliphatic carbocycles. The molecule has 0 amide bonds. The van der Waals surface area contributed by atoms with Gasteiger partial charge in [-0.2, -0.15) is 0 Å². The highest BCUT2D eigenvalue weighted by Gasteiger charge is 2.15. The SMILES string of the molecule is CN1CCN(CCNc2ccccc2S(N)(=O)=O)CC1. The molecule has 0 unspecified atom stereocenters. The van der Waals surface area contributed by atoms with Crippen LogP contribution in [0, 0.1) is 0 Å². The number of sulfonamides is 1. The van der Waals surface area contributed by atoms with E-state index in [2.05, 4.69) is 22.2 Å². The quantitative estimate of drug-likeness (QED) is 0.799. The molecule has 20 heavy (non-hydrogen) atoms. The number of nitrogens with one attached hydrogen (secondary N) is 1. The molecule has 2 rings (SSSR count). The summed E-state index contributed by atoms with van der Waals surface area (Å²) in [4.78, 5) is 4.82. The molecule has 1 heterocycles. The molecule has 0 radical (unpaired) electrons. The van der Waals surface area contributed by atoms with Crippen molar-refractivity contribution in [2.75, 3.05) is 51.6 Å². The average Bonchev–Trinajstić information content (AvgIpc) is 2.40. The van der Waals surface area contributed by atoms with E-state index >= 15 is 0 Å². The van der Waals surface area contributed by atoms with Crippen LogP contribution >= 0.6 is 0 Å². The van der Waals surface area contributed by atoms with Crippen molar-refractivity contribution in [2.45, 2.75) is 4.90 Å². The van der Waals surface area contributed by atoms with E-state index in [1.807, 2.05) is 0 Å². The van der Waals surface area contributed by atoms with Crippen molar-refractivity contribution in [1.29, 1.82) is 0 Å². The monoisotopic (exact) mass is 298 g/mol. The minimum Gasteiger partial charge on any atom is -0.383 e. The molecule has 1 aliphatic rings. The van der Waals surface area contributed by atoms with Gasteiger partial charge in [0.25, 0.3) is 0 Å². The van der Waals surface area contributed by atoms with Gasteiger partial charge in [-0.05, 0) is 19.2 Å². The fourth-order valence-electron chi connectivity index (χ4n) is 2.28. The zero-order valence-electron chi connectivity index (χ0n) is 11.7. The van der Waals surface area contributed by atoms with Gasteiger partial charge in [-0.15, -0.1) is 0 Å². The number of nitrogens with two attached hydrogens (primary N) is 1. The van der Waals surface area contributed by atoms with E-state index in [1.165, 1.54) is 6.07 Å². The summed E-state index contributed by atoms with van der Waals surface area (Å²) in [6.07, 6.45) is 0. The molecule has 3 N–H and O–H groups in total.